The summed E-state index contributed by atoms with van der Waals surface area (Å²) in [7, 11) is 2.03. The van der Waals surface area contributed by atoms with Gasteiger partial charge in [-0.15, -0.1) is 11.3 Å². The molecule has 1 aromatic carbocycles. The minimum atomic E-state index is -0.0710. The summed E-state index contributed by atoms with van der Waals surface area (Å²) in [4.78, 5) is 25.2. The van der Waals surface area contributed by atoms with Crippen LogP contribution in [0.4, 0.5) is 0 Å². The van der Waals surface area contributed by atoms with E-state index in [1.54, 1.807) is 11.3 Å². The van der Waals surface area contributed by atoms with Crippen molar-refractivity contribution in [3.8, 4) is 11.5 Å². The van der Waals surface area contributed by atoms with E-state index in [-0.39, 0.29) is 17.7 Å². The molecule has 1 N–H and O–H groups in total. The minimum Gasteiger partial charge on any atom is -0.486 e. The van der Waals surface area contributed by atoms with E-state index in [1.165, 1.54) is 10.4 Å². The Hall–Kier alpha value is -2.38. The lowest BCUT2D eigenvalue weighted by Gasteiger charge is -2.31. The molecule has 6 nitrogen and oxygen atoms in total. The molecular formula is C23H27N3O3S. The van der Waals surface area contributed by atoms with E-state index in [0.717, 1.165) is 41.0 Å². The highest BCUT2D eigenvalue weighted by Gasteiger charge is 2.27. The van der Waals surface area contributed by atoms with Gasteiger partial charge in [-0.3, -0.25) is 9.69 Å². The van der Waals surface area contributed by atoms with Crippen LogP contribution < -0.4 is 15.0 Å². The number of nitrogens with one attached hydrogen (secondary N) is 1. The fraction of sp³-hybridized carbons (Fsp3) is 0.478. The quantitative estimate of drug-likeness (QED) is 0.686. The van der Waals surface area contributed by atoms with Crippen molar-refractivity contribution in [2.45, 2.75) is 45.3 Å². The van der Waals surface area contributed by atoms with Crippen LogP contribution in [0.25, 0.3) is 10.2 Å². The molecule has 3 heterocycles. The standard InChI is InChI=1S/C23H27N3O3S/c1-13-8-9-16-19(10-13)30-23-20(16)22(27)24-21(25-23)14(2)26(3)11-15-12-28-17-6-4-5-7-18(17)29-15/h4-7,13-15H,8-12H2,1-3H3,(H,24,25,27)/t13-,14+,15+/m0/s1. The molecule has 0 unspecified atom stereocenters. The maximum atomic E-state index is 12.9. The van der Waals surface area contributed by atoms with Crippen LogP contribution in [0.1, 0.15) is 42.6 Å². The lowest BCUT2D eigenvalue weighted by atomic mass is 9.89. The Morgan fingerprint density at radius 2 is 2.13 bits per heavy atom. The van der Waals surface area contributed by atoms with Crippen LogP contribution in [0.15, 0.2) is 29.1 Å². The minimum absolute atomic E-state index is 0.00604. The number of ether oxygens (including phenoxy) is 2. The van der Waals surface area contributed by atoms with Gasteiger partial charge in [0.15, 0.2) is 11.5 Å². The van der Waals surface area contributed by atoms with Crippen molar-refractivity contribution in [3.63, 3.8) is 0 Å². The SMILES string of the molecule is C[C@H]1CCc2c(sc3nc([C@@H](C)N(C)C[C@@H]4COc5ccccc5O4)[nH]c(=O)c23)C1. The highest BCUT2D eigenvalue weighted by molar-refractivity contribution is 7.18. The third-order valence-corrected chi connectivity index (χ3v) is 7.45. The lowest BCUT2D eigenvalue weighted by molar-refractivity contribution is 0.0553. The van der Waals surface area contributed by atoms with Crippen molar-refractivity contribution >= 4 is 21.6 Å². The molecule has 0 amide bonds. The zero-order chi connectivity index (χ0) is 20.8. The lowest BCUT2D eigenvalue weighted by Crippen LogP contribution is -2.40. The molecule has 0 bridgehead atoms. The number of aromatic nitrogens is 2. The summed E-state index contributed by atoms with van der Waals surface area (Å²) >= 11 is 1.69. The zero-order valence-corrected chi connectivity index (χ0v) is 18.4. The van der Waals surface area contributed by atoms with Crippen LogP contribution in [0, 0.1) is 5.92 Å². The van der Waals surface area contributed by atoms with E-state index < -0.39 is 0 Å². The van der Waals surface area contributed by atoms with Gasteiger partial charge in [0.05, 0.1) is 11.4 Å². The number of aromatic amines is 1. The highest BCUT2D eigenvalue weighted by atomic mass is 32.1. The molecule has 0 fully saturated rings. The van der Waals surface area contributed by atoms with E-state index in [9.17, 15) is 4.79 Å². The first-order valence-electron chi connectivity index (χ1n) is 10.6. The number of benzene rings is 1. The molecule has 1 aliphatic carbocycles. The summed E-state index contributed by atoms with van der Waals surface area (Å²) in [6.45, 7) is 5.53. The van der Waals surface area contributed by atoms with Gasteiger partial charge in [-0.1, -0.05) is 19.1 Å². The second kappa shape index (κ2) is 7.71. The second-order valence-electron chi connectivity index (χ2n) is 8.60. The Kier molecular flexibility index (Phi) is 5.03. The molecule has 0 saturated carbocycles. The summed E-state index contributed by atoms with van der Waals surface area (Å²) in [5.41, 5.74) is 1.22. The normalized spacial score (nSPS) is 21.6. The van der Waals surface area contributed by atoms with Gasteiger partial charge in [-0.05, 0) is 56.8 Å². The molecule has 2 aromatic heterocycles. The molecule has 0 saturated heterocycles. The predicted molar refractivity (Wildman–Crippen MR) is 119 cm³/mol. The topological polar surface area (TPSA) is 67.5 Å². The first-order valence-corrected chi connectivity index (χ1v) is 11.4. The average molecular weight is 426 g/mol. The molecule has 1 aliphatic heterocycles. The summed E-state index contributed by atoms with van der Waals surface area (Å²) < 4.78 is 11.9. The van der Waals surface area contributed by atoms with Crippen molar-refractivity contribution in [3.05, 3.63) is 50.9 Å². The van der Waals surface area contributed by atoms with E-state index >= 15 is 0 Å². The number of para-hydroxylation sites is 2. The summed E-state index contributed by atoms with van der Waals surface area (Å²) in [6.07, 6.45) is 3.11. The van der Waals surface area contributed by atoms with E-state index in [0.29, 0.717) is 24.9 Å². The molecular weight excluding hydrogens is 398 g/mol. The van der Waals surface area contributed by atoms with Crippen LogP contribution in [0.2, 0.25) is 0 Å². The molecule has 5 rings (SSSR count). The maximum Gasteiger partial charge on any atom is 0.259 e. The fourth-order valence-electron chi connectivity index (χ4n) is 4.40. The first-order chi connectivity index (χ1) is 14.5. The molecule has 2 aliphatic rings. The Balaban J connectivity index is 1.35. The van der Waals surface area contributed by atoms with Crippen molar-refractivity contribution in [2.75, 3.05) is 20.2 Å². The van der Waals surface area contributed by atoms with E-state index in [1.807, 2.05) is 31.3 Å². The number of aryl methyl sites for hydroxylation is 1. The van der Waals surface area contributed by atoms with E-state index in [2.05, 4.69) is 23.7 Å². The zero-order valence-electron chi connectivity index (χ0n) is 17.6. The van der Waals surface area contributed by atoms with Crippen molar-refractivity contribution in [1.29, 1.82) is 0 Å². The van der Waals surface area contributed by atoms with Crippen LogP contribution in [-0.4, -0.2) is 41.2 Å². The van der Waals surface area contributed by atoms with Crippen molar-refractivity contribution < 1.29 is 9.47 Å². The Morgan fingerprint density at radius 1 is 1.33 bits per heavy atom. The van der Waals surface area contributed by atoms with Crippen molar-refractivity contribution in [1.82, 2.24) is 14.9 Å². The van der Waals surface area contributed by atoms with Gasteiger partial charge in [0.25, 0.3) is 5.56 Å². The molecule has 0 spiro atoms. The molecule has 0 radical (unpaired) electrons. The summed E-state index contributed by atoms with van der Waals surface area (Å²) in [5, 5.41) is 0.807. The molecule has 7 heteroatoms. The van der Waals surface area contributed by atoms with Gasteiger partial charge in [0, 0.05) is 11.4 Å². The van der Waals surface area contributed by atoms with Gasteiger partial charge >= 0.3 is 0 Å². The van der Waals surface area contributed by atoms with Gasteiger partial charge in [-0.2, -0.15) is 0 Å². The van der Waals surface area contributed by atoms with Gasteiger partial charge in [-0.25, -0.2) is 4.98 Å². The van der Waals surface area contributed by atoms with Crippen LogP contribution in [-0.2, 0) is 12.8 Å². The molecule has 30 heavy (non-hydrogen) atoms. The average Bonchev–Trinajstić information content (AvgIpc) is 3.10. The Morgan fingerprint density at radius 3 is 2.97 bits per heavy atom. The predicted octanol–water partition coefficient (Wildman–Crippen LogP) is 3.94. The van der Waals surface area contributed by atoms with Crippen molar-refractivity contribution in [2.24, 2.45) is 5.92 Å². The summed E-state index contributed by atoms with van der Waals surface area (Å²) in [5.74, 6) is 2.95. The largest absolute Gasteiger partial charge is 0.486 e. The van der Waals surface area contributed by atoms with Crippen LogP contribution in [0.3, 0.4) is 0 Å². The van der Waals surface area contributed by atoms with Gasteiger partial charge < -0.3 is 14.5 Å². The first kappa shape index (κ1) is 19.6. The number of fused-ring (bicyclic) bond motifs is 4. The fourth-order valence-corrected chi connectivity index (χ4v) is 5.79. The highest BCUT2D eigenvalue weighted by Crippen LogP contribution is 2.36. The maximum absolute atomic E-state index is 12.9. The Labute approximate surface area is 179 Å². The molecule has 158 valence electrons. The number of hydrogen-bond donors (Lipinski definition) is 1. The molecule has 3 aromatic rings. The van der Waals surface area contributed by atoms with E-state index in [4.69, 9.17) is 14.5 Å². The van der Waals surface area contributed by atoms with Crippen LogP contribution in [0.5, 0.6) is 11.5 Å². The van der Waals surface area contributed by atoms with Crippen LogP contribution >= 0.6 is 11.3 Å². The summed E-state index contributed by atoms with van der Waals surface area (Å²) in [6, 6.07) is 7.70. The Bertz CT molecular complexity index is 1140. The number of nitrogens with zero attached hydrogens (tertiary/aromatic N) is 2. The third kappa shape index (κ3) is 3.50. The number of likely N-dealkylation sites (N-methyl/N-ethyl adjacent to an activating group) is 1. The smallest absolute Gasteiger partial charge is 0.259 e. The number of thiophene rings is 1. The second-order valence-corrected chi connectivity index (χ2v) is 9.68. The monoisotopic (exact) mass is 425 g/mol. The van der Waals surface area contributed by atoms with Gasteiger partial charge in [0.2, 0.25) is 0 Å². The number of H-pyrrole nitrogens is 1. The number of hydrogen-bond acceptors (Lipinski definition) is 6. The molecule has 3 atom stereocenters. The number of rotatable bonds is 4. The third-order valence-electron chi connectivity index (χ3n) is 6.30. The van der Waals surface area contributed by atoms with Gasteiger partial charge in [0.1, 0.15) is 23.4 Å².